The zero-order chi connectivity index (χ0) is 31.4. The minimum absolute atomic E-state index is 0.0118. The SMILES string of the molecule is CCS(=O)(=O)N(CC(=O)N(Cc1ccc(Cl)cc1Cl)C(Cc1ccccc1)C(=O)NC(C)(C)C)c1ccc2c(c1)OCO2. The largest absolute Gasteiger partial charge is 0.454 e. The smallest absolute Gasteiger partial charge is 0.244 e. The van der Waals surface area contributed by atoms with Crippen molar-refractivity contribution in [3.63, 3.8) is 0 Å². The predicted octanol–water partition coefficient (Wildman–Crippen LogP) is 5.43. The first kappa shape index (κ1) is 32.4. The second-order valence-electron chi connectivity index (χ2n) is 11.1. The third-order valence-electron chi connectivity index (χ3n) is 6.75. The zero-order valence-electron chi connectivity index (χ0n) is 24.5. The average Bonchev–Trinajstić information content (AvgIpc) is 3.42. The number of carbonyl (C=O) groups excluding carboxylic acids is 2. The number of nitrogens with one attached hydrogen (secondary N) is 1. The summed E-state index contributed by atoms with van der Waals surface area (Å²) >= 11 is 12.7. The van der Waals surface area contributed by atoms with Gasteiger partial charge in [0.2, 0.25) is 28.6 Å². The number of anilines is 1. The van der Waals surface area contributed by atoms with E-state index in [-0.39, 0.29) is 37.1 Å². The molecule has 1 aliphatic rings. The fraction of sp³-hybridized carbons (Fsp3) is 0.355. The molecule has 1 unspecified atom stereocenters. The normalized spacial score (nSPS) is 13.3. The van der Waals surface area contributed by atoms with E-state index in [9.17, 15) is 18.0 Å². The van der Waals surface area contributed by atoms with Gasteiger partial charge in [0.15, 0.2) is 11.5 Å². The lowest BCUT2D eigenvalue weighted by Gasteiger charge is -2.35. The molecule has 1 N–H and O–H groups in total. The predicted molar refractivity (Wildman–Crippen MR) is 168 cm³/mol. The van der Waals surface area contributed by atoms with Gasteiger partial charge in [-0.2, -0.15) is 0 Å². The molecule has 1 atom stereocenters. The summed E-state index contributed by atoms with van der Waals surface area (Å²) in [6.45, 7) is 6.43. The Morgan fingerprint density at radius 2 is 1.67 bits per heavy atom. The van der Waals surface area contributed by atoms with Crippen LogP contribution in [-0.2, 0) is 32.6 Å². The van der Waals surface area contributed by atoms with Gasteiger partial charge in [0.25, 0.3) is 0 Å². The number of hydrogen-bond acceptors (Lipinski definition) is 6. The molecule has 0 aliphatic carbocycles. The number of fused-ring (bicyclic) bond motifs is 1. The molecule has 0 bridgehead atoms. The first-order valence-corrected chi connectivity index (χ1v) is 16.1. The van der Waals surface area contributed by atoms with Gasteiger partial charge >= 0.3 is 0 Å². The van der Waals surface area contributed by atoms with Crippen LogP contribution in [0.25, 0.3) is 0 Å². The summed E-state index contributed by atoms with van der Waals surface area (Å²) < 4.78 is 38.6. The van der Waals surface area contributed by atoms with Crippen molar-refractivity contribution in [1.29, 1.82) is 0 Å². The number of carbonyl (C=O) groups is 2. The molecular weight excluding hydrogens is 613 g/mol. The standard InChI is InChI=1S/C31H35Cl2N3O6S/c1-5-43(39,40)36(24-13-14-27-28(17-24)42-20-41-27)19-29(37)35(18-22-11-12-23(32)16-25(22)33)26(30(38)34-31(2,3)4)15-21-9-7-6-8-10-21/h6-14,16-17,26H,5,15,18-20H2,1-4H3,(H,34,38). The van der Waals surface area contributed by atoms with Gasteiger partial charge in [-0.05, 0) is 63.1 Å². The van der Waals surface area contributed by atoms with E-state index in [0.29, 0.717) is 27.1 Å². The highest BCUT2D eigenvalue weighted by Gasteiger charge is 2.35. The summed E-state index contributed by atoms with van der Waals surface area (Å²) in [5, 5.41) is 3.72. The molecule has 0 fully saturated rings. The van der Waals surface area contributed by atoms with Gasteiger partial charge in [0.05, 0.1) is 11.4 Å². The van der Waals surface area contributed by atoms with Gasteiger partial charge in [-0.25, -0.2) is 8.42 Å². The molecule has 1 aliphatic heterocycles. The van der Waals surface area contributed by atoms with E-state index >= 15 is 0 Å². The first-order valence-electron chi connectivity index (χ1n) is 13.8. The summed E-state index contributed by atoms with van der Waals surface area (Å²) in [6.07, 6.45) is 0.185. The van der Waals surface area contributed by atoms with Crippen LogP contribution in [0.5, 0.6) is 11.5 Å². The van der Waals surface area contributed by atoms with Gasteiger partial charge in [-0.15, -0.1) is 0 Å². The lowest BCUT2D eigenvalue weighted by molar-refractivity contribution is -0.140. The molecule has 1 heterocycles. The maximum absolute atomic E-state index is 14.3. The number of hydrogen-bond donors (Lipinski definition) is 1. The van der Waals surface area contributed by atoms with Crippen LogP contribution in [0.2, 0.25) is 10.0 Å². The number of ether oxygens (including phenoxy) is 2. The summed E-state index contributed by atoms with van der Waals surface area (Å²) in [5.74, 6) is -0.383. The summed E-state index contributed by atoms with van der Waals surface area (Å²) in [5.41, 5.74) is 1.02. The van der Waals surface area contributed by atoms with Crippen molar-refractivity contribution in [3.8, 4) is 11.5 Å². The fourth-order valence-corrected chi connectivity index (χ4v) is 6.12. The van der Waals surface area contributed by atoms with Crippen LogP contribution in [0.4, 0.5) is 5.69 Å². The van der Waals surface area contributed by atoms with Crippen molar-refractivity contribution < 1.29 is 27.5 Å². The molecule has 4 rings (SSSR count). The third-order valence-corrected chi connectivity index (χ3v) is 9.08. The third kappa shape index (κ3) is 8.34. The Kier molecular flexibility index (Phi) is 10.1. The summed E-state index contributed by atoms with van der Waals surface area (Å²) in [6, 6.07) is 17.9. The number of halogens is 2. The number of amides is 2. The summed E-state index contributed by atoms with van der Waals surface area (Å²) in [4.78, 5) is 29.6. The zero-order valence-corrected chi connectivity index (χ0v) is 26.8. The number of rotatable bonds is 11. The van der Waals surface area contributed by atoms with Crippen LogP contribution in [0.15, 0.2) is 66.7 Å². The highest BCUT2D eigenvalue weighted by Crippen LogP contribution is 2.36. The lowest BCUT2D eigenvalue weighted by Crippen LogP contribution is -2.56. The molecular formula is C31H35Cl2N3O6S. The van der Waals surface area contributed by atoms with Crippen LogP contribution in [0, 0.1) is 0 Å². The van der Waals surface area contributed by atoms with Crippen molar-refractivity contribution in [2.24, 2.45) is 0 Å². The molecule has 3 aromatic rings. The topological polar surface area (TPSA) is 105 Å². The Morgan fingerprint density at radius 1 is 0.977 bits per heavy atom. The van der Waals surface area contributed by atoms with E-state index in [1.165, 1.54) is 17.9 Å². The fourth-order valence-electron chi connectivity index (χ4n) is 4.60. The van der Waals surface area contributed by atoms with Crippen LogP contribution in [-0.4, -0.2) is 55.8 Å². The van der Waals surface area contributed by atoms with Crippen LogP contribution in [0.1, 0.15) is 38.8 Å². The highest BCUT2D eigenvalue weighted by molar-refractivity contribution is 7.92. The Hall–Kier alpha value is -3.47. The van der Waals surface area contributed by atoms with Crippen molar-refractivity contribution in [3.05, 3.63) is 87.9 Å². The molecule has 0 saturated heterocycles. The Balaban J connectivity index is 1.78. The van der Waals surface area contributed by atoms with E-state index in [1.54, 1.807) is 30.3 Å². The molecule has 9 nitrogen and oxygen atoms in total. The first-order chi connectivity index (χ1) is 20.3. The van der Waals surface area contributed by atoms with Gasteiger partial charge in [-0.3, -0.25) is 13.9 Å². The quantitative estimate of drug-likeness (QED) is 0.297. The van der Waals surface area contributed by atoms with Gasteiger partial charge < -0.3 is 19.7 Å². The maximum Gasteiger partial charge on any atom is 0.244 e. The van der Waals surface area contributed by atoms with E-state index < -0.39 is 34.1 Å². The molecule has 12 heteroatoms. The molecule has 0 radical (unpaired) electrons. The second-order valence-corrected chi connectivity index (χ2v) is 14.2. The number of nitrogens with zero attached hydrogens (tertiary/aromatic N) is 2. The molecule has 0 aromatic heterocycles. The molecule has 2 amide bonds. The Bertz CT molecular complexity index is 1580. The molecule has 0 saturated carbocycles. The minimum atomic E-state index is -3.93. The van der Waals surface area contributed by atoms with Gasteiger partial charge in [0, 0.05) is 34.6 Å². The lowest BCUT2D eigenvalue weighted by atomic mass is 10.0. The van der Waals surface area contributed by atoms with Gasteiger partial charge in [-0.1, -0.05) is 59.6 Å². The molecule has 43 heavy (non-hydrogen) atoms. The maximum atomic E-state index is 14.3. The van der Waals surface area contributed by atoms with E-state index in [1.807, 2.05) is 51.1 Å². The molecule has 3 aromatic carbocycles. The van der Waals surface area contributed by atoms with E-state index in [4.69, 9.17) is 32.7 Å². The highest BCUT2D eigenvalue weighted by atomic mass is 35.5. The van der Waals surface area contributed by atoms with Crippen molar-refractivity contribution in [1.82, 2.24) is 10.2 Å². The molecule has 0 spiro atoms. The van der Waals surface area contributed by atoms with Crippen molar-refractivity contribution in [2.75, 3.05) is 23.4 Å². The van der Waals surface area contributed by atoms with Crippen LogP contribution >= 0.6 is 23.2 Å². The minimum Gasteiger partial charge on any atom is -0.454 e. The number of benzene rings is 3. The van der Waals surface area contributed by atoms with Gasteiger partial charge in [0.1, 0.15) is 12.6 Å². The number of sulfonamides is 1. The summed E-state index contributed by atoms with van der Waals surface area (Å²) in [7, 11) is -3.93. The molecule has 230 valence electrons. The van der Waals surface area contributed by atoms with Crippen LogP contribution < -0.4 is 19.1 Å². The average molecular weight is 649 g/mol. The van der Waals surface area contributed by atoms with E-state index in [2.05, 4.69) is 5.32 Å². The van der Waals surface area contributed by atoms with Crippen molar-refractivity contribution in [2.45, 2.75) is 52.2 Å². The van der Waals surface area contributed by atoms with Crippen LogP contribution in [0.3, 0.4) is 0 Å². The van der Waals surface area contributed by atoms with E-state index in [0.717, 1.165) is 9.87 Å². The monoisotopic (exact) mass is 647 g/mol. The second kappa shape index (κ2) is 13.4. The Labute approximate surface area is 262 Å². The van der Waals surface area contributed by atoms with Crippen molar-refractivity contribution >= 4 is 50.7 Å². The Morgan fingerprint density at radius 3 is 2.33 bits per heavy atom.